The lowest BCUT2D eigenvalue weighted by Crippen LogP contribution is -2.24. The van der Waals surface area contributed by atoms with E-state index in [-0.39, 0.29) is 16.3 Å². The lowest BCUT2D eigenvalue weighted by molar-refractivity contribution is -0.112. The maximum absolute atomic E-state index is 13.6. The van der Waals surface area contributed by atoms with Crippen LogP contribution in [0.15, 0.2) is 18.2 Å². The highest BCUT2D eigenvalue weighted by atomic mass is 35.5. The van der Waals surface area contributed by atoms with Crippen molar-refractivity contribution < 1.29 is 14.0 Å². The van der Waals surface area contributed by atoms with E-state index in [1.807, 2.05) is 0 Å². The van der Waals surface area contributed by atoms with Gasteiger partial charge in [0.2, 0.25) is 0 Å². The number of rotatable bonds is 3. The number of nitrogens with one attached hydrogen (secondary N) is 1. The molecular formula is C14H13ClFN3O2. The van der Waals surface area contributed by atoms with Crippen LogP contribution in [0.5, 0.6) is 0 Å². The SMILES string of the molecule is Cc1nn(C)c(C)c1C(=O)C(=O)Nc1cc(Cl)ccc1F. The van der Waals surface area contributed by atoms with Crippen LogP contribution in [0.4, 0.5) is 10.1 Å². The molecule has 0 aliphatic carbocycles. The molecular weight excluding hydrogens is 297 g/mol. The van der Waals surface area contributed by atoms with Gasteiger partial charge in [-0.15, -0.1) is 0 Å². The van der Waals surface area contributed by atoms with Crippen LogP contribution in [0.2, 0.25) is 5.02 Å². The van der Waals surface area contributed by atoms with Gasteiger partial charge in [-0.3, -0.25) is 14.3 Å². The summed E-state index contributed by atoms with van der Waals surface area (Å²) in [5.41, 5.74) is 1.10. The molecule has 0 aliphatic heterocycles. The maximum Gasteiger partial charge on any atom is 0.296 e. The molecule has 1 amide bonds. The fourth-order valence-corrected chi connectivity index (χ4v) is 2.16. The molecule has 1 N–H and O–H groups in total. The van der Waals surface area contributed by atoms with Gasteiger partial charge in [-0.25, -0.2) is 4.39 Å². The number of carbonyl (C=O) groups is 2. The Labute approximate surface area is 125 Å². The van der Waals surface area contributed by atoms with E-state index >= 15 is 0 Å². The summed E-state index contributed by atoms with van der Waals surface area (Å²) >= 11 is 5.73. The summed E-state index contributed by atoms with van der Waals surface area (Å²) in [7, 11) is 1.67. The zero-order valence-electron chi connectivity index (χ0n) is 11.7. The molecule has 0 aliphatic rings. The fraction of sp³-hybridized carbons (Fsp3) is 0.214. The van der Waals surface area contributed by atoms with Crippen molar-refractivity contribution in [2.75, 3.05) is 5.32 Å². The van der Waals surface area contributed by atoms with Crippen molar-refractivity contribution in [3.8, 4) is 0 Å². The highest BCUT2D eigenvalue weighted by Gasteiger charge is 2.24. The molecule has 7 heteroatoms. The van der Waals surface area contributed by atoms with Gasteiger partial charge in [0.1, 0.15) is 5.82 Å². The van der Waals surface area contributed by atoms with Crippen molar-refractivity contribution in [1.29, 1.82) is 0 Å². The van der Waals surface area contributed by atoms with Crippen molar-refractivity contribution in [2.45, 2.75) is 13.8 Å². The number of hydrogen-bond donors (Lipinski definition) is 1. The van der Waals surface area contributed by atoms with E-state index in [2.05, 4.69) is 10.4 Å². The van der Waals surface area contributed by atoms with Crippen molar-refractivity contribution in [1.82, 2.24) is 9.78 Å². The second-order valence-corrected chi connectivity index (χ2v) is 5.01. The Morgan fingerprint density at radius 3 is 2.57 bits per heavy atom. The van der Waals surface area contributed by atoms with Gasteiger partial charge >= 0.3 is 0 Å². The highest BCUT2D eigenvalue weighted by molar-refractivity contribution is 6.47. The molecule has 0 unspecified atom stereocenters. The molecule has 1 heterocycles. The third-order valence-corrected chi connectivity index (χ3v) is 3.35. The summed E-state index contributed by atoms with van der Waals surface area (Å²) in [4.78, 5) is 24.2. The predicted octanol–water partition coefficient (Wildman–Crippen LogP) is 2.65. The number of Topliss-reactive ketones (excluding diaryl/α,β-unsaturated/α-hetero) is 1. The summed E-state index contributed by atoms with van der Waals surface area (Å²) < 4.78 is 15.1. The first-order chi connectivity index (χ1) is 9.81. The molecule has 1 aromatic carbocycles. The van der Waals surface area contributed by atoms with Gasteiger partial charge < -0.3 is 5.32 Å². The Balaban J connectivity index is 2.28. The third-order valence-electron chi connectivity index (χ3n) is 3.12. The van der Waals surface area contributed by atoms with Crippen LogP contribution in [0.1, 0.15) is 21.7 Å². The van der Waals surface area contributed by atoms with Crippen LogP contribution in [0.25, 0.3) is 0 Å². The van der Waals surface area contributed by atoms with E-state index in [4.69, 9.17) is 11.6 Å². The Morgan fingerprint density at radius 2 is 2.00 bits per heavy atom. The van der Waals surface area contributed by atoms with Crippen molar-refractivity contribution in [3.05, 3.63) is 46.0 Å². The van der Waals surface area contributed by atoms with Crippen LogP contribution in [0.3, 0.4) is 0 Å². The van der Waals surface area contributed by atoms with E-state index in [0.29, 0.717) is 11.4 Å². The largest absolute Gasteiger partial charge is 0.317 e. The van der Waals surface area contributed by atoms with Gasteiger partial charge in [0.05, 0.1) is 16.9 Å². The number of benzene rings is 1. The second-order valence-electron chi connectivity index (χ2n) is 4.58. The molecule has 0 radical (unpaired) electrons. The van der Waals surface area contributed by atoms with Crippen molar-refractivity contribution in [3.63, 3.8) is 0 Å². The molecule has 2 aromatic rings. The number of hydrogen-bond acceptors (Lipinski definition) is 3. The molecule has 5 nitrogen and oxygen atoms in total. The number of nitrogens with zero attached hydrogens (tertiary/aromatic N) is 2. The zero-order valence-corrected chi connectivity index (χ0v) is 12.5. The van der Waals surface area contributed by atoms with E-state index in [9.17, 15) is 14.0 Å². The predicted molar refractivity (Wildman–Crippen MR) is 77.1 cm³/mol. The summed E-state index contributed by atoms with van der Waals surface area (Å²) in [5.74, 6) is -2.37. The molecule has 0 saturated carbocycles. The maximum atomic E-state index is 13.6. The normalized spacial score (nSPS) is 10.5. The standard InChI is InChI=1S/C14H13ClFN3O2/c1-7-12(8(2)19(3)18-7)13(20)14(21)17-11-6-9(15)4-5-10(11)16/h4-6H,1-3H3,(H,17,21). The second kappa shape index (κ2) is 5.65. The molecule has 0 bridgehead atoms. The van der Waals surface area contributed by atoms with E-state index in [1.54, 1.807) is 20.9 Å². The van der Waals surface area contributed by atoms with Gasteiger partial charge in [-0.2, -0.15) is 5.10 Å². The quantitative estimate of drug-likeness (QED) is 0.700. The minimum Gasteiger partial charge on any atom is -0.317 e. The molecule has 0 atom stereocenters. The first-order valence-electron chi connectivity index (χ1n) is 6.12. The average molecular weight is 310 g/mol. The minimum atomic E-state index is -0.935. The van der Waals surface area contributed by atoms with Crippen molar-refractivity contribution in [2.24, 2.45) is 7.05 Å². The Morgan fingerprint density at radius 1 is 1.33 bits per heavy atom. The molecule has 2 rings (SSSR count). The fourth-order valence-electron chi connectivity index (χ4n) is 1.99. The van der Waals surface area contributed by atoms with Gasteiger partial charge in [-0.05, 0) is 32.0 Å². The summed E-state index contributed by atoms with van der Waals surface area (Å²) in [6.45, 7) is 3.31. The third kappa shape index (κ3) is 2.95. The number of ketones is 1. The first-order valence-corrected chi connectivity index (χ1v) is 6.50. The molecule has 110 valence electrons. The zero-order chi connectivity index (χ0) is 15.7. The molecule has 1 aromatic heterocycles. The van der Waals surface area contributed by atoms with Crippen LogP contribution >= 0.6 is 11.6 Å². The molecule has 0 spiro atoms. The minimum absolute atomic E-state index is 0.139. The number of amides is 1. The summed E-state index contributed by atoms with van der Waals surface area (Å²) in [6.07, 6.45) is 0. The molecule has 21 heavy (non-hydrogen) atoms. The summed E-state index contributed by atoms with van der Waals surface area (Å²) in [5, 5.41) is 6.56. The number of anilines is 1. The lowest BCUT2D eigenvalue weighted by Gasteiger charge is -2.06. The van der Waals surface area contributed by atoms with E-state index in [0.717, 1.165) is 6.07 Å². The van der Waals surface area contributed by atoms with Crippen LogP contribution in [-0.2, 0) is 11.8 Å². The van der Waals surface area contributed by atoms with Crippen LogP contribution < -0.4 is 5.32 Å². The lowest BCUT2D eigenvalue weighted by atomic mass is 10.1. The van der Waals surface area contributed by atoms with Crippen LogP contribution in [-0.4, -0.2) is 21.5 Å². The topological polar surface area (TPSA) is 64.0 Å². The van der Waals surface area contributed by atoms with Gasteiger partial charge in [-0.1, -0.05) is 11.6 Å². The number of aromatic nitrogens is 2. The van der Waals surface area contributed by atoms with E-state index < -0.39 is 17.5 Å². The van der Waals surface area contributed by atoms with E-state index in [1.165, 1.54) is 16.8 Å². The number of aryl methyl sites for hydroxylation is 2. The molecule has 0 saturated heterocycles. The van der Waals surface area contributed by atoms with Gasteiger partial charge in [0.25, 0.3) is 11.7 Å². The Bertz CT molecular complexity index is 740. The number of carbonyl (C=O) groups excluding carboxylic acids is 2. The van der Waals surface area contributed by atoms with Crippen molar-refractivity contribution >= 4 is 29.0 Å². The van der Waals surface area contributed by atoms with Gasteiger partial charge in [0.15, 0.2) is 0 Å². The highest BCUT2D eigenvalue weighted by Crippen LogP contribution is 2.20. The molecule has 0 fully saturated rings. The monoisotopic (exact) mass is 309 g/mol. The average Bonchev–Trinajstić information content (AvgIpc) is 2.67. The smallest absolute Gasteiger partial charge is 0.296 e. The Hall–Kier alpha value is -2.21. The van der Waals surface area contributed by atoms with Gasteiger partial charge in [0, 0.05) is 17.8 Å². The summed E-state index contributed by atoms with van der Waals surface area (Å²) in [6, 6.07) is 3.71. The van der Waals surface area contributed by atoms with Crippen LogP contribution in [0, 0.1) is 19.7 Å². The Kier molecular flexibility index (Phi) is 4.09. The number of halogens is 2. The first kappa shape index (κ1) is 15.2.